The fourth-order valence-electron chi connectivity index (χ4n) is 7.98. The highest BCUT2D eigenvalue weighted by molar-refractivity contribution is 5.81. The summed E-state index contributed by atoms with van der Waals surface area (Å²) in [5.74, 6) is 0.858. The SMILES string of the molecule is COC.Cc1cn([C@H]2C[C@@H](N)[C@@H](CO)O2)c(=O)[nH]c1=O.Nc1nc2c(ncn2[C@H]2C[C@@H](N)[C@@H](CO)O2)c(=O)[nH]1.Nc1nc2nc[nH]c2c(=O)[nH]1.Nc1ncnc2c1ncn2[C@H]1C[C@@H](N)[C@@H](CO)O1.Nc1ncnc2nc[nH]c12. The molecule has 0 aromatic carbocycles. The Labute approximate surface area is 436 Å². The highest BCUT2D eigenvalue weighted by Crippen LogP contribution is 2.31. The molecular weight excluding hydrogens is 1030 g/mol. The van der Waals surface area contributed by atoms with Gasteiger partial charge in [0.15, 0.2) is 45.3 Å². The first kappa shape index (κ1) is 57.0. The lowest BCUT2D eigenvalue weighted by Gasteiger charge is -2.14. The molecule has 3 aliphatic rings. The first-order valence-corrected chi connectivity index (χ1v) is 23.4. The zero-order valence-electron chi connectivity index (χ0n) is 41.9. The first-order chi connectivity index (χ1) is 37.4. The molecule has 0 saturated carbocycles. The van der Waals surface area contributed by atoms with Crippen LogP contribution in [-0.4, -0.2) is 174 Å². The van der Waals surface area contributed by atoms with Gasteiger partial charge in [-0.1, -0.05) is 0 Å². The van der Waals surface area contributed by atoms with E-state index >= 15 is 0 Å². The predicted molar refractivity (Wildman–Crippen MR) is 277 cm³/mol. The van der Waals surface area contributed by atoms with E-state index in [0.717, 1.165) is 0 Å². The van der Waals surface area contributed by atoms with Crippen molar-refractivity contribution in [3.8, 4) is 0 Å². The van der Waals surface area contributed by atoms with Crippen LogP contribution in [0.15, 0.2) is 63.3 Å². The van der Waals surface area contributed by atoms with Crippen LogP contribution in [0, 0.1) is 6.92 Å². The minimum Gasteiger partial charge on any atom is -0.394 e. The van der Waals surface area contributed by atoms with Gasteiger partial charge in [-0.3, -0.25) is 43.0 Å². The number of nitrogens with one attached hydrogen (secondary N) is 5. The summed E-state index contributed by atoms with van der Waals surface area (Å²) in [4.78, 5) is 97.2. The molecule has 3 fully saturated rings. The molecule has 418 valence electrons. The fourth-order valence-corrected chi connectivity index (χ4v) is 7.98. The molecule has 36 heteroatoms. The number of aryl methyl sites for hydroxylation is 1. The van der Waals surface area contributed by atoms with E-state index in [-0.39, 0.29) is 73.3 Å². The van der Waals surface area contributed by atoms with Gasteiger partial charge in [0.1, 0.15) is 42.4 Å². The third-order valence-corrected chi connectivity index (χ3v) is 11.9. The van der Waals surface area contributed by atoms with Gasteiger partial charge in [-0.2, -0.15) is 9.97 Å². The van der Waals surface area contributed by atoms with Gasteiger partial charge in [-0.05, 0) is 6.92 Å². The summed E-state index contributed by atoms with van der Waals surface area (Å²) in [5.41, 5.74) is 41.9. The van der Waals surface area contributed by atoms with E-state index in [1.54, 1.807) is 36.6 Å². The lowest BCUT2D eigenvalue weighted by molar-refractivity contribution is -0.0272. The summed E-state index contributed by atoms with van der Waals surface area (Å²) >= 11 is 0. The van der Waals surface area contributed by atoms with Crippen molar-refractivity contribution < 1.29 is 34.3 Å². The number of nitrogens with two attached hydrogens (primary N) is 7. The molecule has 3 aliphatic heterocycles. The highest BCUT2D eigenvalue weighted by atomic mass is 16.5. The van der Waals surface area contributed by atoms with E-state index < -0.39 is 41.5 Å². The van der Waals surface area contributed by atoms with E-state index in [0.29, 0.717) is 75.6 Å². The summed E-state index contributed by atoms with van der Waals surface area (Å²) in [7, 11) is 3.25. The molecule has 0 amide bonds. The monoisotopic (exact) mass is 1090 g/mol. The molecule has 12 heterocycles. The zero-order chi connectivity index (χ0) is 56.4. The maximum Gasteiger partial charge on any atom is 0.330 e. The number of H-pyrrole nitrogens is 5. The smallest absolute Gasteiger partial charge is 0.330 e. The van der Waals surface area contributed by atoms with Crippen LogP contribution < -0.4 is 62.5 Å². The van der Waals surface area contributed by atoms with E-state index in [4.69, 9.17) is 69.7 Å². The number of aliphatic hydroxyl groups is 3. The number of imidazole rings is 4. The summed E-state index contributed by atoms with van der Waals surface area (Å²) in [6.07, 6.45) is 9.26. The van der Waals surface area contributed by atoms with Crippen LogP contribution >= 0.6 is 0 Å². The summed E-state index contributed by atoms with van der Waals surface area (Å²) in [6.45, 7) is 1.17. The van der Waals surface area contributed by atoms with E-state index in [1.165, 1.54) is 42.4 Å². The molecule has 9 atom stereocenters. The minimum absolute atomic E-state index is 0.0141. The molecule has 3 saturated heterocycles. The molecule has 12 rings (SSSR count). The van der Waals surface area contributed by atoms with E-state index in [9.17, 15) is 19.2 Å². The van der Waals surface area contributed by atoms with Crippen molar-refractivity contribution in [2.24, 2.45) is 17.2 Å². The third kappa shape index (κ3) is 12.9. The number of rotatable bonds is 6. The van der Waals surface area contributed by atoms with Crippen molar-refractivity contribution in [2.75, 3.05) is 57.0 Å². The quantitative estimate of drug-likeness (QED) is 0.0743. The summed E-state index contributed by atoms with van der Waals surface area (Å²) < 4.78 is 25.6. The van der Waals surface area contributed by atoms with Crippen LogP contribution in [0.2, 0.25) is 0 Å². The number of aromatic amines is 5. The number of nitrogen functional groups attached to an aromatic ring is 4. The molecule has 9 aromatic rings. The number of aromatic nitrogens is 18. The van der Waals surface area contributed by atoms with Crippen molar-refractivity contribution in [3.05, 3.63) is 91.3 Å². The Balaban J connectivity index is 0.000000142. The number of anilines is 4. The van der Waals surface area contributed by atoms with Crippen LogP contribution in [-0.2, 0) is 18.9 Å². The van der Waals surface area contributed by atoms with Gasteiger partial charge in [0.05, 0.1) is 63.4 Å². The van der Waals surface area contributed by atoms with Crippen molar-refractivity contribution in [3.63, 3.8) is 0 Å². The van der Waals surface area contributed by atoms with Crippen LogP contribution in [0.5, 0.6) is 0 Å². The second-order valence-electron chi connectivity index (χ2n) is 17.3. The number of nitrogens with zero attached hydrogens (tertiary/aromatic N) is 13. The minimum atomic E-state index is -0.537. The maximum absolute atomic E-state index is 11.7. The highest BCUT2D eigenvalue weighted by Gasteiger charge is 2.36. The van der Waals surface area contributed by atoms with Gasteiger partial charge in [0.25, 0.3) is 16.7 Å². The van der Waals surface area contributed by atoms with Gasteiger partial charge < -0.3 is 84.4 Å². The number of ether oxygens (including phenoxy) is 4. The van der Waals surface area contributed by atoms with E-state index in [1.807, 2.05) is 0 Å². The normalized spacial score (nSPS) is 22.3. The molecule has 9 aromatic heterocycles. The van der Waals surface area contributed by atoms with Gasteiger partial charge >= 0.3 is 5.69 Å². The molecular formula is C42H59N25O11. The fraction of sp³-hybridized carbons (Fsp3) is 0.429. The lowest BCUT2D eigenvalue weighted by Crippen LogP contribution is -2.33. The maximum atomic E-state index is 11.7. The van der Waals surface area contributed by atoms with Crippen molar-refractivity contribution in [1.29, 1.82) is 0 Å². The van der Waals surface area contributed by atoms with Gasteiger partial charge in [0, 0.05) is 63.4 Å². The lowest BCUT2D eigenvalue weighted by atomic mass is 10.1. The zero-order valence-corrected chi connectivity index (χ0v) is 41.9. The number of methoxy groups -OCH3 is 1. The second-order valence-corrected chi connectivity index (χ2v) is 17.3. The van der Waals surface area contributed by atoms with Gasteiger partial charge in [-0.25, -0.2) is 44.7 Å². The topological polar surface area (TPSA) is 571 Å². The molecule has 0 bridgehead atoms. The molecule has 0 aliphatic carbocycles. The molecule has 22 N–H and O–H groups in total. The third-order valence-electron chi connectivity index (χ3n) is 11.9. The van der Waals surface area contributed by atoms with Crippen molar-refractivity contribution in [1.82, 2.24) is 88.5 Å². The standard InChI is InChI=1S/C10H14N6O3.C10H14N6O2.C10H15N3O4.C5H5N5O.C5H5N5.C2H6O/c11-4-1-6(19-5(4)2-17)16-3-13-7-8(16)14-10(12)15-9(7)18;11-5-1-7(18-6(5)2-17)16-4-15-8-9(12)13-3-14-10(8)16;1-5-3-13(10(16)12-9(5)15)8-2-6(11)7(4-14)17-8;6-5-9-3-2(4(11)10-5)7-1-8-3;6-4-3-5(9-1-7-3)10-2-8-4;1-3-2/h3-6,17H,1-2,11H2,(H3,12,14,15,18);3-7,17H,1-2,11H2,(H2,12,13,14);3,6-8,14H,2,4,11H2,1H3,(H,12,15,16);1H,(H4,6,7,8,9,10,11);1-2H,(H3,6,7,8,9,10);1-2H3/t4-,5-,6-;5-,6-,7-;6-,7-,8-;;;/m111.../s1. The molecule has 0 unspecified atom stereocenters. The molecule has 0 radical (unpaired) electrons. The number of hydrogen-bond donors (Lipinski definition) is 15. The second kappa shape index (κ2) is 25.4. The van der Waals surface area contributed by atoms with Gasteiger partial charge in [-0.15, -0.1) is 0 Å². The first-order valence-electron chi connectivity index (χ1n) is 23.4. The summed E-state index contributed by atoms with van der Waals surface area (Å²) in [6, 6.07) is -0.785. The number of aliphatic hydroxyl groups excluding tert-OH is 3. The largest absolute Gasteiger partial charge is 0.394 e. The number of fused-ring (bicyclic) bond motifs is 4. The Kier molecular flexibility index (Phi) is 18.6. The van der Waals surface area contributed by atoms with Crippen molar-refractivity contribution in [2.45, 2.75) is 81.3 Å². The Morgan fingerprint density at radius 2 is 1.06 bits per heavy atom. The Bertz CT molecular complexity index is 3660. The average Bonchev–Trinajstić information content (AvgIpc) is 4.28. The number of hydrogen-bond acceptors (Lipinski definition) is 28. The Hall–Kier alpha value is -8.72. The molecule has 36 nitrogen and oxygen atoms in total. The van der Waals surface area contributed by atoms with Crippen LogP contribution in [0.3, 0.4) is 0 Å². The molecule has 78 heavy (non-hydrogen) atoms. The Morgan fingerprint density at radius 3 is 1.63 bits per heavy atom. The predicted octanol–water partition coefficient (Wildman–Crippen LogP) is -4.80. The molecule has 0 spiro atoms. The van der Waals surface area contributed by atoms with E-state index in [2.05, 4.69) is 79.5 Å². The summed E-state index contributed by atoms with van der Waals surface area (Å²) in [5, 5.41) is 27.3. The van der Waals surface area contributed by atoms with Crippen molar-refractivity contribution >= 4 is 68.2 Å². The Morgan fingerprint density at radius 1 is 0.577 bits per heavy atom. The van der Waals surface area contributed by atoms with Crippen LogP contribution in [0.25, 0.3) is 44.7 Å². The van der Waals surface area contributed by atoms with Crippen LogP contribution in [0.1, 0.15) is 43.5 Å². The van der Waals surface area contributed by atoms with Gasteiger partial charge in [0.2, 0.25) is 11.9 Å². The average molecular weight is 1090 g/mol. The van der Waals surface area contributed by atoms with Crippen LogP contribution in [0.4, 0.5) is 23.5 Å².